The van der Waals surface area contributed by atoms with Crippen molar-refractivity contribution in [3.05, 3.63) is 12.2 Å². The zero-order chi connectivity index (χ0) is 13.9. The average Bonchev–Trinajstić information content (AvgIpc) is 2.62. The monoisotopic (exact) mass is 266 g/mol. The quantitative estimate of drug-likeness (QED) is 0.569. The third kappa shape index (κ3) is 3.37. The topological polar surface area (TPSA) is 52.6 Å². The van der Waals surface area contributed by atoms with E-state index >= 15 is 0 Å². The van der Waals surface area contributed by atoms with Gasteiger partial charge in [-0.25, -0.2) is 9.59 Å². The van der Waals surface area contributed by atoms with Gasteiger partial charge in [0.15, 0.2) is 0 Å². The van der Waals surface area contributed by atoms with E-state index in [0.717, 1.165) is 25.7 Å². The molecule has 1 heterocycles. The van der Waals surface area contributed by atoms with Crippen molar-refractivity contribution < 1.29 is 19.1 Å². The molecule has 1 atom stereocenters. The first kappa shape index (κ1) is 14.1. The lowest BCUT2D eigenvalue weighted by Gasteiger charge is -2.29. The Morgan fingerprint density at radius 2 is 1.84 bits per heavy atom. The molecule has 0 N–H and O–H groups in total. The second kappa shape index (κ2) is 5.76. The number of hydrogen-bond donors (Lipinski definition) is 0. The smallest absolute Gasteiger partial charge is 0.348 e. The molecule has 1 aliphatic heterocycles. The first-order chi connectivity index (χ1) is 9.02. The largest absolute Gasteiger partial charge is 0.456 e. The maximum Gasteiger partial charge on any atom is 0.348 e. The summed E-state index contributed by atoms with van der Waals surface area (Å²) in [5, 5.41) is 0. The summed E-state index contributed by atoms with van der Waals surface area (Å²) in [6.07, 6.45) is 7.33. The Morgan fingerprint density at radius 3 is 2.42 bits per heavy atom. The molecule has 4 heteroatoms. The van der Waals surface area contributed by atoms with Gasteiger partial charge in [0.25, 0.3) is 0 Å². The van der Waals surface area contributed by atoms with Gasteiger partial charge in [0.2, 0.25) is 6.10 Å². The molecule has 2 aliphatic rings. The van der Waals surface area contributed by atoms with Crippen LogP contribution in [0.5, 0.6) is 0 Å². The molecule has 0 amide bonds. The lowest BCUT2D eigenvalue weighted by Crippen LogP contribution is -2.29. The molecule has 0 aromatic carbocycles. The minimum atomic E-state index is -0.747. The molecule has 106 valence electrons. The second-order valence-corrected chi connectivity index (χ2v) is 5.75. The number of carbonyl (C=O) groups excluding carboxylic acids is 2. The summed E-state index contributed by atoms with van der Waals surface area (Å²) in [6.45, 7) is 5.10. The Balaban J connectivity index is 2.00. The minimum absolute atomic E-state index is 0.311. The van der Waals surface area contributed by atoms with Crippen LogP contribution >= 0.6 is 0 Å². The fraction of sp³-hybridized carbons (Fsp3) is 0.733. The van der Waals surface area contributed by atoms with E-state index in [1.165, 1.54) is 19.3 Å². The van der Waals surface area contributed by atoms with E-state index in [0.29, 0.717) is 12.0 Å². The summed E-state index contributed by atoms with van der Waals surface area (Å²) in [7, 11) is 0. The van der Waals surface area contributed by atoms with Crippen LogP contribution in [0.25, 0.3) is 0 Å². The first-order valence-electron chi connectivity index (χ1n) is 7.12. The highest BCUT2D eigenvalue weighted by atomic mass is 16.6. The van der Waals surface area contributed by atoms with Crippen molar-refractivity contribution in [3.63, 3.8) is 0 Å². The van der Waals surface area contributed by atoms with Crippen LogP contribution in [-0.4, -0.2) is 23.6 Å². The molecule has 0 radical (unpaired) electrons. The van der Waals surface area contributed by atoms with Gasteiger partial charge < -0.3 is 9.47 Å². The molecule has 0 aromatic heterocycles. The van der Waals surface area contributed by atoms with E-state index in [9.17, 15) is 9.59 Å². The van der Waals surface area contributed by atoms with Gasteiger partial charge in [-0.05, 0) is 32.6 Å². The van der Waals surface area contributed by atoms with E-state index in [-0.39, 0.29) is 0 Å². The summed E-state index contributed by atoms with van der Waals surface area (Å²) in [5.74, 6) is -0.903. The van der Waals surface area contributed by atoms with Gasteiger partial charge in [-0.2, -0.15) is 0 Å². The van der Waals surface area contributed by atoms with Crippen LogP contribution in [-0.2, 0) is 19.1 Å². The standard InChI is InChI=1S/C15H22O4/c1-11(2)13(16)18-12-10-15(19-14(12)17)8-6-4-3-5-7-9-15/h12H,1,3-10H2,2H3. The highest BCUT2D eigenvalue weighted by molar-refractivity contribution is 5.90. The van der Waals surface area contributed by atoms with Crippen molar-refractivity contribution in [2.45, 2.75) is 70.0 Å². The van der Waals surface area contributed by atoms with Crippen LogP contribution in [0.3, 0.4) is 0 Å². The van der Waals surface area contributed by atoms with Crippen molar-refractivity contribution in [1.82, 2.24) is 0 Å². The van der Waals surface area contributed by atoms with Crippen LogP contribution in [0.15, 0.2) is 12.2 Å². The predicted octanol–water partition coefficient (Wildman–Crippen LogP) is 2.90. The van der Waals surface area contributed by atoms with Gasteiger partial charge in [0.1, 0.15) is 5.60 Å². The zero-order valence-electron chi connectivity index (χ0n) is 11.6. The van der Waals surface area contributed by atoms with E-state index in [2.05, 4.69) is 6.58 Å². The van der Waals surface area contributed by atoms with Crippen LogP contribution in [0, 0.1) is 0 Å². The van der Waals surface area contributed by atoms with E-state index in [1.807, 2.05) is 0 Å². The van der Waals surface area contributed by atoms with E-state index in [1.54, 1.807) is 6.92 Å². The molecule has 1 saturated carbocycles. The molecule has 1 spiro atoms. The van der Waals surface area contributed by atoms with Crippen molar-refractivity contribution in [2.75, 3.05) is 0 Å². The molecule has 4 nitrogen and oxygen atoms in total. The van der Waals surface area contributed by atoms with Crippen molar-refractivity contribution in [3.8, 4) is 0 Å². The highest BCUT2D eigenvalue weighted by Gasteiger charge is 2.48. The van der Waals surface area contributed by atoms with Crippen molar-refractivity contribution in [2.24, 2.45) is 0 Å². The SMILES string of the molecule is C=C(C)C(=O)OC1CC2(CCCCCCC2)OC1=O. The van der Waals surface area contributed by atoms with Gasteiger partial charge in [-0.1, -0.05) is 25.8 Å². The zero-order valence-corrected chi connectivity index (χ0v) is 11.6. The Bertz CT molecular complexity index is 378. The Labute approximate surface area is 114 Å². The predicted molar refractivity (Wildman–Crippen MR) is 70.5 cm³/mol. The fourth-order valence-electron chi connectivity index (χ4n) is 2.92. The number of carbonyl (C=O) groups is 2. The molecule has 0 bridgehead atoms. The van der Waals surface area contributed by atoms with Crippen LogP contribution < -0.4 is 0 Å². The summed E-state index contributed by atoms with van der Waals surface area (Å²) >= 11 is 0. The molecule has 0 aromatic rings. The normalized spacial score (nSPS) is 26.4. The van der Waals surface area contributed by atoms with Gasteiger partial charge >= 0.3 is 11.9 Å². The average molecular weight is 266 g/mol. The summed E-state index contributed by atoms with van der Waals surface area (Å²) in [6, 6.07) is 0. The number of hydrogen-bond acceptors (Lipinski definition) is 4. The van der Waals surface area contributed by atoms with Crippen molar-refractivity contribution >= 4 is 11.9 Å². The van der Waals surface area contributed by atoms with Crippen molar-refractivity contribution in [1.29, 1.82) is 0 Å². The highest BCUT2D eigenvalue weighted by Crippen LogP contribution is 2.39. The van der Waals surface area contributed by atoms with Crippen LogP contribution in [0.1, 0.15) is 58.3 Å². The van der Waals surface area contributed by atoms with Gasteiger partial charge in [0, 0.05) is 12.0 Å². The van der Waals surface area contributed by atoms with Gasteiger partial charge in [-0.3, -0.25) is 0 Å². The molecule has 19 heavy (non-hydrogen) atoms. The molecule has 2 fully saturated rings. The lowest BCUT2D eigenvalue weighted by atomic mass is 9.84. The number of rotatable bonds is 2. The molecule has 2 rings (SSSR count). The molecular weight excluding hydrogens is 244 g/mol. The minimum Gasteiger partial charge on any atom is -0.456 e. The molecular formula is C15H22O4. The lowest BCUT2D eigenvalue weighted by molar-refractivity contribution is -0.161. The third-order valence-corrected chi connectivity index (χ3v) is 4.00. The fourth-order valence-corrected chi connectivity index (χ4v) is 2.92. The van der Waals surface area contributed by atoms with Gasteiger partial charge in [-0.15, -0.1) is 0 Å². The molecule has 1 aliphatic carbocycles. The summed E-state index contributed by atoms with van der Waals surface area (Å²) in [4.78, 5) is 23.4. The number of esters is 2. The first-order valence-corrected chi connectivity index (χ1v) is 7.12. The summed E-state index contributed by atoms with van der Waals surface area (Å²) < 4.78 is 10.7. The Hall–Kier alpha value is -1.32. The third-order valence-electron chi connectivity index (χ3n) is 4.00. The van der Waals surface area contributed by atoms with E-state index in [4.69, 9.17) is 9.47 Å². The maximum absolute atomic E-state index is 11.9. The molecule has 1 saturated heterocycles. The van der Waals surface area contributed by atoms with E-state index < -0.39 is 23.6 Å². The van der Waals surface area contributed by atoms with Crippen LogP contribution in [0.2, 0.25) is 0 Å². The summed E-state index contributed by atoms with van der Waals surface area (Å²) in [5.41, 5.74) is -0.0798. The van der Waals surface area contributed by atoms with Gasteiger partial charge in [0.05, 0.1) is 0 Å². The second-order valence-electron chi connectivity index (χ2n) is 5.75. The maximum atomic E-state index is 11.9. The molecule has 1 unspecified atom stereocenters. The Kier molecular flexibility index (Phi) is 4.27. The Morgan fingerprint density at radius 1 is 1.26 bits per heavy atom. The number of ether oxygens (including phenoxy) is 2. The van der Waals surface area contributed by atoms with Crippen LogP contribution in [0.4, 0.5) is 0 Å².